The second kappa shape index (κ2) is 6.60. The molecule has 1 aliphatic carbocycles. The summed E-state index contributed by atoms with van der Waals surface area (Å²) >= 11 is 0. The van der Waals surface area contributed by atoms with Gasteiger partial charge in [-0.2, -0.15) is 5.10 Å². The summed E-state index contributed by atoms with van der Waals surface area (Å²) in [6.45, 7) is 5.89. The fraction of sp³-hybridized carbons (Fsp3) is 0.579. The number of fused-ring (bicyclic) bond motifs is 2. The van der Waals surface area contributed by atoms with Gasteiger partial charge in [0.1, 0.15) is 5.82 Å². The van der Waals surface area contributed by atoms with E-state index in [0.717, 1.165) is 54.1 Å². The lowest BCUT2D eigenvalue weighted by molar-refractivity contribution is 0.0687. The number of aromatic carboxylic acids is 1. The molecule has 2 aliphatic rings. The molecule has 0 saturated carbocycles. The molecule has 0 radical (unpaired) electrons. The molecule has 1 N–H and O–H groups in total. The molecule has 2 aromatic rings. The Morgan fingerprint density at radius 2 is 2.07 bits per heavy atom. The van der Waals surface area contributed by atoms with Crippen molar-refractivity contribution in [3.05, 3.63) is 44.4 Å². The van der Waals surface area contributed by atoms with Crippen molar-refractivity contribution in [3.63, 3.8) is 0 Å². The Kier molecular flexibility index (Phi) is 4.38. The molecular formula is C19H25N5O3. The number of carbonyl (C=O) groups is 1. The molecule has 4 rings (SSSR count). The van der Waals surface area contributed by atoms with Gasteiger partial charge in [-0.15, -0.1) is 0 Å². The van der Waals surface area contributed by atoms with Gasteiger partial charge in [0.25, 0.3) is 5.56 Å². The molecule has 0 amide bonds. The summed E-state index contributed by atoms with van der Waals surface area (Å²) in [5, 5.41) is 13.9. The Morgan fingerprint density at radius 1 is 1.30 bits per heavy atom. The normalized spacial score (nSPS) is 19.1. The van der Waals surface area contributed by atoms with Crippen molar-refractivity contribution >= 4 is 5.97 Å². The molecule has 3 heterocycles. The first kappa shape index (κ1) is 17.9. The lowest BCUT2D eigenvalue weighted by Crippen LogP contribution is -2.36. The third-order valence-corrected chi connectivity index (χ3v) is 5.88. The van der Waals surface area contributed by atoms with Gasteiger partial charge in [0.15, 0.2) is 5.69 Å². The van der Waals surface area contributed by atoms with E-state index in [1.807, 2.05) is 11.6 Å². The summed E-state index contributed by atoms with van der Waals surface area (Å²) in [5.41, 5.74) is 3.77. The first-order chi connectivity index (χ1) is 12.9. The lowest BCUT2D eigenvalue weighted by atomic mass is 9.90. The van der Waals surface area contributed by atoms with Crippen molar-refractivity contribution in [2.45, 2.75) is 65.2 Å². The molecular weight excluding hydrogens is 346 g/mol. The van der Waals surface area contributed by atoms with Crippen LogP contribution in [0.4, 0.5) is 0 Å². The second-order valence-electron chi connectivity index (χ2n) is 7.55. The van der Waals surface area contributed by atoms with E-state index in [9.17, 15) is 14.7 Å². The quantitative estimate of drug-likeness (QED) is 0.870. The predicted molar refractivity (Wildman–Crippen MR) is 98.8 cm³/mol. The number of aryl methyl sites for hydroxylation is 2. The molecule has 0 unspecified atom stereocenters. The van der Waals surface area contributed by atoms with E-state index in [2.05, 4.69) is 21.9 Å². The highest BCUT2D eigenvalue weighted by Gasteiger charge is 2.35. The zero-order valence-corrected chi connectivity index (χ0v) is 16.0. The smallest absolute Gasteiger partial charge is 0.356 e. The highest BCUT2D eigenvalue weighted by atomic mass is 16.4. The van der Waals surface area contributed by atoms with Crippen LogP contribution in [0.3, 0.4) is 0 Å². The summed E-state index contributed by atoms with van der Waals surface area (Å²) in [5.74, 6) is -0.238. The Balaban J connectivity index is 1.62. The van der Waals surface area contributed by atoms with Crippen LogP contribution in [0.5, 0.6) is 0 Å². The number of rotatable bonds is 4. The van der Waals surface area contributed by atoms with E-state index in [-0.39, 0.29) is 17.3 Å². The summed E-state index contributed by atoms with van der Waals surface area (Å²) in [6, 6.07) is 0.203. The molecule has 1 atom stereocenters. The van der Waals surface area contributed by atoms with Crippen LogP contribution in [-0.4, -0.2) is 41.3 Å². The van der Waals surface area contributed by atoms with Crippen LogP contribution < -0.4 is 5.56 Å². The molecule has 1 aliphatic heterocycles. The minimum atomic E-state index is -0.961. The van der Waals surface area contributed by atoms with Crippen LogP contribution in [0.2, 0.25) is 0 Å². The van der Waals surface area contributed by atoms with E-state index < -0.39 is 5.97 Å². The van der Waals surface area contributed by atoms with Crippen molar-refractivity contribution in [2.24, 2.45) is 7.05 Å². The fourth-order valence-corrected chi connectivity index (χ4v) is 4.36. The van der Waals surface area contributed by atoms with Gasteiger partial charge in [-0.1, -0.05) is 6.92 Å². The average Bonchev–Trinajstić information content (AvgIpc) is 3.22. The standard InChI is InChI=1S/C19H25N5O3/c1-4-7-24-16-6-5-12(8-13(16)17(21-24)19(26)27)23-9-14-15(10-23)20-11(2)22(3)18(14)25/h12H,4-10H2,1-3H3,(H,26,27)/t12-/m0/s1. The third kappa shape index (κ3) is 2.88. The molecule has 2 aromatic heterocycles. The molecule has 0 fully saturated rings. The molecule has 8 heteroatoms. The number of hydrogen-bond donors (Lipinski definition) is 1. The molecule has 144 valence electrons. The Morgan fingerprint density at radius 3 is 2.78 bits per heavy atom. The average molecular weight is 371 g/mol. The van der Waals surface area contributed by atoms with Crippen LogP contribution in [-0.2, 0) is 39.5 Å². The van der Waals surface area contributed by atoms with Crippen molar-refractivity contribution < 1.29 is 9.90 Å². The second-order valence-corrected chi connectivity index (χ2v) is 7.55. The highest BCUT2D eigenvalue weighted by molar-refractivity contribution is 5.87. The van der Waals surface area contributed by atoms with Crippen molar-refractivity contribution in [2.75, 3.05) is 0 Å². The van der Waals surface area contributed by atoms with Crippen molar-refractivity contribution in [1.82, 2.24) is 24.2 Å². The van der Waals surface area contributed by atoms with Crippen LogP contribution >= 0.6 is 0 Å². The Hall–Kier alpha value is -2.48. The van der Waals surface area contributed by atoms with E-state index in [4.69, 9.17) is 0 Å². The number of aromatic nitrogens is 4. The summed E-state index contributed by atoms with van der Waals surface area (Å²) in [4.78, 5) is 31.1. The third-order valence-electron chi connectivity index (χ3n) is 5.88. The highest BCUT2D eigenvalue weighted by Crippen LogP contribution is 2.31. The number of carboxylic acid groups (broad SMARTS) is 1. The van der Waals surface area contributed by atoms with Gasteiger partial charge in [0.2, 0.25) is 0 Å². The molecule has 0 spiro atoms. The lowest BCUT2D eigenvalue weighted by Gasteiger charge is -2.31. The van der Waals surface area contributed by atoms with E-state index >= 15 is 0 Å². The number of hydrogen-bond acceptors (Lipinski definition) is 5. The monoisotopic (exact) mass is 371 g/mol. The van der Waals surface area contributed by atoms with Crippen LogP contribution in [0.15, 0.2) is 4.79 Å². The van der Waals surface area contributed by atoms with Crippen LogP contribution in [0, 0.1) is 6.92 Å². The van der Waals surface area contributed by atoms with Crippen LogP contribution in [0.1, 0.15) is 58.6 Å². The summed E-state index contributed by atoms with van der Waals surface area (Å²) in [7, 11) is 1.75. The number of carboxylic acids is 1. The van der Waals surface area contributed by atoms with Crippen molar-refractivity contribution in [3.8, 4) is 0 Å². The first-order valence-corrected chi connectivity index (χ1v) is 9.52. The molecule has 0 aromatic carbocycles. The maximum Gasteiger partial charge on any atom is 0.356 e. The van der Waals surface area contributed by atoms with Gasteiger partial charge in [0, 0.05) is 44.0 Å². The minimum Gasteiger partial charge on any atom is -0.476 e. The zero-order valence-electron chi connectivity index (χ0n) is 16.0. The van der Waals surface area contributed by atoms with Gasteiger partial charge in [-0.05, 0) is 32.6 Å². The van der Waals surface area contributed by atoms with Gasteiger partial charge >= 0.3 is 5.97 Å². The predicted octanol–water partition coefficient (Wildman–Crippen LogP) is 1.27. The molecule has 0 saturated heterocycles. The van der Waals surface area contributed by atoms with E-state index in [1.54, 1.807) is 11.6 Å². The van der Waals surface area contributed by atoms with Gasteiger partial charge in [0.05, 0.1) is 11.3 Å². The van der Waals surface area contributed by atoms with Crippen LogP contribution in [0.25, 0.3) is 0 Å². The molecule has 27 heavy (non-hydrogen) atoms. The maximum atomic E-state index is 12.5. The van der Waals surface area contributed by atoms with Gasteiger partial charge < -0.3 is 5.11 Å². The largest absolute Gasteiger partial charge is 0.476 e. The molecule has 8 nitrogen and oxygen atoms in total. The first-order valence-electron chi connectivity index (χ1n) is 9.52. The summed E-state index contributed by atoms with van der Waals surface area (Å²) < 4.78 is 3.47. The number of nitrogens with zero attached hydrogens (tertiary/aromatic N) is 5. The fourth-order valence-electron chi connectivity index (χ4n) is 4.36. The van der Waals surface area contributed by atoms with Gasteiger partial charge in [-0.3, -0.25) is 18.9 Å². The Labute approximate surface area is 157 Å². The molecule has 0 bridgehead atoms. The Bertz CT molecular complexity index is 975. The summed E-state index contributed by atoms with van der Waals surface area (Å²) in [6.07, 6.45) is 3.34. The SMILES string of the molecule is CCCn1nc(C(=O)O)c2c1CC[C@H](N1Cc3nc(C)n(C)c(=O)c3C1)C2. The van der Waals surface area contributed by atoms with Gasteiger partial charge in [-0.25, -0.2) is 9.78 Å². The van der Waals surface area contributed by atoms with E-state index in [0.29, 0.717) is 19.5 Å². The zero-order chi connectivity index (χ0) is 19.3. The van der Waals surface area contributed by atoms with E-state index in [1.165, 1.54) is 0 Å². The van der Waals surface area contributed by atoms with Crippen molar-refractivity contribution in [1.29, 1.82) is 0 Å². The topological polar surface area (TPSA) is 93.2 Å². The maximum absolute atomic E-state index is 12.5. The minimum absolute atomic E-state index is 0.0264.